The van der Waals surface area contributed by atoms with Crippen LogP contribution in [0, 0.1) is 4.64 Å². The van der Waals surface area contributed by atoms with E-state index in [4.69, 9.17) is 12.2 Å². The van der Waals surface area contributed by atoms with Crippen LogP contribution >= 0.6 is 28.1 Å². The number of benzene rings is 1. The molecular formula is C16H14BrN3S. The second-order valence-corrected chi connectivity index (χ2v) is 6.34. The molecule has 3 aromatic rings. The summed E-state index contributed by atoms with van der Waals surface area (Å²) in [5.74, 6) is 1.03. The number of fused-ring (bicyclic) bond motifs is 1. The first-order valence-electron chi connectivity index (χ1n) is 6.72. The Bertz CT molecular complexity index is 871. The van der Waals surface area contributed by atoms with Gasteiger partial charge in [-0.15, -0.1) is 0 Å². The van der Waals surface area contributed by atoms with E-state index < -0.39 is 0 Å². The largest absolute Gasteiger partial charge is 0.341 e. The van der Waals surface area contributed by atoms with Crippen molar-refractivity contribution in [3.63, 3.8) is 0 Å². The van der Waals surface area contributed by atoms with Crippen molar-refractivity contribution in [2.24, 2.45) is 0 Å². The standard InChI is InChI=1S/C16H14BrN3S/c1-9(2)14-13(17)16(21)20-15(19-14)12-8-7-10-5-3-4-6-11(10)18-12/h3-9H,1-2H3,(H,19,20,21). The smallest absolute Gasteiger partial charge is 0.157 e. The number of nitrogens with one attached hydrogen (secondary N) is 1. The highest BCUT2D eigenvalue weighted by atomic mass is 79.9. The lowest BCUT2D eigenvalue weighted by Gasteiger charge is -2.11. The first kappa shape index (κ1) is 14.4. The zero-order valence-corrected chi connectivity index (χ0v) is 14.1. The van der Waals surface area contributed by atoms with Gasteiger partial charge in [0.15, 0.2) is 5.82 Å². The monoisotopic (exact) mass is 359 g/mol. The van der Waals surface area contributed by atoms with Gasteiger partial charge in [0, 0.05) is 11.1 Å². The van der Waals surface area contributed by atoms with Crippen molar-refractivity contribution >= 4 is 39.1 Å². The summed E-state index contributed by atoms with van der Waals surface area (Å²) < 4.78 is 1.42. The fourth-order valence-corrected chi connectivity index (χ4v) is 3.04. The van der Waals surface area contributed by atoms with E-state index in [-0.39, 0.29) is 0 Å². The van der Waals surface area contributed by atoms with E-state index in [1.807, 2.05) is 36.4 Å². The van der Waals surface area contributed by atoms with Crippen molar-refractivity contribution in [2.45, 2.75) is 19.8 Å². The average molecular weight is 360 g/mol. The number of hydrogen-bond donors (Lipinski definition) is 1. The number of halogens is 1. The minimum Gasteiger partial charge on any atom is -0.341 e. The molecule has 0 aliphatic heterocycles. The molecule has 0 aliphatic rings. The van der Waals surface area contributed by atoms with Crippen LogP contribution in [0.3, 0.4) is 0 Å². The normalized spacial score (nSPS) is 11.2. The number of aromatic amines is 1. The fraction of sp³-hybridized carbons (Fsp3) is 0.188. The molecule has 0 fully saturated rings. The summed E-state index contributed by atoms with van der Waals surface area (Å²) in [5, 5.41) is 1.11. The Morgan fingerprint density at radius 3 is 2.62 bits per heavy atom. The maximum atomic E-state index is 5.34. The van der Waals surface area contributed by atoms with E-state index in [2.05, 4.69) is 44.7 Å². The van der Waals surface area contributed by atoms with Gasteiger partial charge in [-0.3, -0.25) is 0 Å². The third-order valence-electron chi connectivity index (χ3n) is 3.31. The summed E-state index contributed by atoms with van der Waals surface area (Å²) in [6, 6.07) is 12.0. The van der Waals surface area contributed by atoms with E-state index in [1.54, 1.807) is 0 Å². The fourth-order valence-electron chi connectivity index (χ4n) is 2.19. The number of pyridine rings is 1. The van der Waals surface area contributed by atoms with Gasteiger partial charge in [-0.1, -0.05) is 50.3 Å². The van der Waals surface area contributed by atoms with Crippen molar-refractivity contribution in [2.75, 3.05) is 0 Å². The van der Waals surface area contributed by atoms with E-state index in [9.17, 15) is 0 Å². The quantitative estimate of drug-likeness (QED) is 0.636. The molecule has 2 aromatic heterocycles. The molecule has 0 atom stereocenters. The third-order valence-corrected chi connectivity index (χ3v) is 4.67. The van der Waals surface area contributed by atoms with Crippen molar-refractivity contribution < 1.29 is 0 Å². The van der Waals surface area contributed by atoms with E-state index in [1.165, 1.54) is 0 Å². The number of aromatic nitrogens is 3. The van der Waals surface area contributed by atoms with E-state index in [0.717, 1.165) is 26.8 Å². The lowest BCUT2D eigenvalue weighted by Crippen LogP contribution is -2.01. The van der Waals surface area contributed by atoms with Gasteiger partial charge in [0.1, 0.15) is 10.3 Å². The number of hydrogen-bond acceptors (Lipinski definition) is 3. The molecule has 0 spiro atoms. The summed E-state index contributed by atoms with van der Waals surface area (Å²) in [4.78, 5) is 12.5. The molecule has 1 N–H and O–H groups in total. The Kier molecular flexibility index (Phi) is 3.87. The highest BCUT2D eigenvalue weighted by Crippen LogP contribution is 2.26. The zero-order chi connectivity index (χ0) is 15.0. The number of rotatable bonds is 2. The first-order chi connectivity index (χ1) is 10.1. The summed E-state index contributed by atoms with van der Waals surface area (Å²) in [6.07, 6.45) is 0. The minimum atomic E-state index is 0.322. The second-order valence-electron chi connectivity index (χ2n) is 5.16. The molecule has 0 saturated heterocycles. The van der Waals surface area contributed by atoms with Crippen molar-refractivity contribution in [3.05, 3.63) is 51.2 Å². The summed E-state index contributed by atoms with van der Waals surface area (Å²) >= 11 is 8.85. The average Bonchev–Trinajstić information content (AvgIpc) is 2.49. The minimum absolute atomic E-state index is 0.322. The molecule has 2 heterocycles. The summed E-state index contributed by atoms with van der Waals surface area (Å²) in [7, 11) is 0. The Hall–Kier alpha value is -1.59. The molecular weight excluding hydrogens is 346 g/mol. The lowest BCUT2D eigenvalue weighted by atomic mass is 10.1. The third kappa shape index (κ3) is 2.76. The Labute approximate surface area is 136 Å². The van der Waals surface area contributed by atoms with Crippen molar-refractivity contribution in [1.29, 1.82) is 0 Å². The highest BCUT2D eigenvalue weighted by molar-refractivity contribution is 9.10. The van der Waals surface area contributed by atoms with Gasteiger partial charge in [0.25, 0.3) is 0 Å². The van der Waals surface area contributed by atoms with Gasteiger partial charge in [-0.05, 0) is 34.0 Å². The molecule has 21 heavy (non-hydrogen) atoms. The van der Waals surface area contributed by atoms with Gasteiger partial charge >= 0.3 is 0 Å². The molecule has 3 rings (SSSR count). The lowest BCUT2D eigenvalue weighted by molar-refractivity contribution is 0.806. The maximum Gasteiger partial charge on any atom is 0.157 e. The summed E-state index contributed by atoms with van der Waals surface area (Å²) in [6.45, 7) is 4.23. The topological polar surface area (TPSA) is 41.6 Å². The van der Waals surface area contributed by atoms with Gasteiger partial charge in [-0.25, -0.2) is 9.97 Å². The van der Waals surface area contributed by atoms with Gasteiger partial charge in [0.2, 0.25) is 0 Å². The Balaban J connectivity index is 2.20. The number of H-pyrrole nitrogens is 1. The van der Waals surface area contributed by atoms with E-state index in [0.29, 0.717) is 16.4 Å². The molecule has 0 aliphatic carbocycles. The maximum absolute atomic E-state index is 5.34. The van der Waals surface area contributed by atoms with E-state index >= 15 is 0 Å². The Morgan fingerprint density at radius 2 is 1.86 bits per heavy atom. The van der Waals surface area contributed by atoms with Crippen LogP contribution in [-0.4, -0.2) is 15.0 Å². The predicted molar refractivity (Wildman–Crippen MR) is 91.9 cm³/mol. The number of para-hydroxylation sites is 1. The van der Waals surface area contributed by atoms with Gasteiger partial charge < -0.3 is 4.98 Å². The molecule has 106 valence electrons. The van der Waals surface area contributed by atoms with Crippen LogP contribution in [0.2, 0.25) is 0 Å². The predicted octanol–water partition coefficient (Wildman–Crippen LogP) is 5.24. The molecule has 0 bridgehead atoms. The Morgan fingerprint density at radius 1 is 1.10 bits per heavy atom. The SMILES string of the molecule is CC(C)c1[nH]c(-c2ccc3ccccc3n2)nc(=S)c1Br. The highest BCUT2D eigenvalue weighted by Gasteiger charge is 2.12. The van der Waals surface area contributed by atoms with Crippen LogP contribution in [0.4, 0.5) is 0 Å². The van der Waals surface area contributed by atoms with Gasteiger partial charge in [-0.2, -0.15) is 0 Å². The number of nitrogens with zero attached hydrogens (tertiary/aromatic N) is 2. The molecule has 0 radical (unpaired) electrons. The van der Waals surface area contributed by atoms with Crippen LogP contribution < -0.4 is 0 Å². The summed E-state index contributed by atoms with van der Waals surface area (Å²) in [5.41, 5.74) is 2.79. The van der Waals surface area contributed by atoms with Crippen LogP contribution in [0.15, 0.2) is 40.9 Å². The molecule has 1 aromatic carbocycles. The molecule has 0 amide bonds. The van der Waals surface area contributed by atoms with Crippen LogP contribution in [0.1, 0.15) is 25.5 Å². The van der Waals surface area contributed by atoms with Crippen LogP contribution in [0.25, 0.3) is 22.4 Å². The molecule has 5 heteroatoms. The molecule has 3 nitrogen and oxygen atoms in total. The zero-order valence-electron chi connectivity index (χ0n) is 11.7. The second kappa shape index (κ2) is 5.66. The van der Waals surface area contributed by atoms with Crippen LogP contribution in [-0.2, 0) is 0 Å². The van der Waals surface area contributed by atoms with Crippen molar-refractivity contribution in [1.82, 2.24) is 15.0 Å². The van der Waals surface area contributed by atoms with Gasteiger partial charge in [0.05, 0.1) is 9.99 Å². The van der Waals surface area contributed by atoms with Crippen molar-refractivity contribution in [3.8, 4) is 11.5 Å². The molecule has 0 saturated carbocycles. The first-order valence-corrected chi connectivity index (χ1v) is 7.92. The van der Waals surface area contributed by atoms with Crippen LogP contribution in [0.5, 0.6) is 0 Å². The molecule has 0 unspecified atom stereocenters.